The molecule has 2 heterocycles. The van der Waals surface area contributed by atoms with Crippen molar-refractivity contribution < 1.29 is 24.5 Å². The van der Waals surface area contributed by atoms with Gasteiger partial charge in [0.25, 0.3) is 5.91 Å². The van der Waals surface area contributed by atoms with Gasteiger partial charge in [-0.25, -0.2) is 14.8 Å². The van der Waals surface area contributed by atoms with Crippen LogP contribution in [0.1, 0.15) is 45.2 Å². The number of amides is 1. The van der Waals surface area contributed by atoms with Crippen LogP contribution < -0.4 is 10.1 Å². The number of carbonyl (C=O) groups excluding carboxylic acids is 1. The number of hydrogen-bond donors (Lipinski definition) is 4. The zero-order valence-corrected chi connectivity index (χ0v) is 20.2. The Kier molecular flexibility index (Phi) is 6.22. The Balaban J connectivity index is 1.28. The van der Waals surface area contributed by atoms with E-state index in [1.54, 1.807) is 54.6 Å². The summed E-state index contributed by atoms with van der Waals surface area (Å²) in [7, 11) is 1.89. The number of aryl methyl sites for hydroxylation is 1. The fourth-order valence-corrected chi connectivity index (χ4v) is 4.28. The highest BCUT2D eigenvalue weighted by Crippen LogP contribution is 2.28. The molecular weight excluding hydrogens is 474 g/mol. The zero-order valence-electron chi connectivity index (χ0n) is 20.2. The number of aromatic nitrogens is 4. The third-order valence-corrected chi connectivity index (χ3v) is 6.22. The number of nitrogens with zero attached hydrogens (tertiary/aromatic N) is 3. The number of para-hydroxylation sites is 1. The molecule has 0 bridgehead atoms. The summed E-state index contributed by atoms with van der Waals surface area (Å²) in [5, 5.41) is 21.8. The molecular formula is C27H25N5O5. The van der Waals surface area contributed by atoms with Crippen LogP contribution in [0, 0.1) is 0 Å². The minimum Gasteiger partial charge on any atom is -0.508 e. The number of aromatic carboxylic acids is 1. The number of H-pyrrole nitrogens is 1. The van der Waals surface area contributed by atoms with Gasteiger partial charge in [-0.2, -0.15) is 0 Å². The molecule has 0 aliphatic heterocycles. The van der Waals surface area contributed by atoms with Crippen LogP contribution >= 0.6 is 0 Å². The fourth-order valence-electron chi connectivity index (χ4n) is 4.28. The second-order valence-electron chi connectivity index (χ2n) is 8.68. The Labute approximate surface area is 211 Å². The van der Waals surface area contributed by atoms with Gasteiger partial charge in [-0.1, -0.05) is 12.1 Å². The number of rotatable bonds is 8. The van der Waals surface area contributed by atoms with Crippen LogP contribution in [0.4, 0.5) is 0 Å². The SMILES string of the molecule is CC(c1nc2ccc(O)cc2[nH]1)c1nc2ccc(C(=O)NCCOc3ccccc3C(=O)O)cc2n1C. The van der Waals surface area contributed by atoms with E-state index in [0.29, 0.717) is 5.56 Å². The van der Waals surface area contributed by atoms with Crippen LogP contribution in [0.25, 0.3) is 22.1 Å². The maximum atomic E-state index is 12.7. The van der Waals surface area contributed by atoms with Gasteiger partial charge in [0.2, 0.25) is 0 Å². The Morgan fingerprint density at radius 2 is 1.86 bits per heavy atom. The van der Waals surface area contributed by atoms with E-state index in [1.807, 2.05) is 18.5 Å². The first-order valence-electron chi connectivity index (χ1n) is 11.7. The number of aromatic amines is 1. The van der Waals surface area contributed by atoms with Crippen molar-refractivity contribution in [2.24, 2.45) is 7.05 Å². The van der Waals surface area contributed by atoms with Crippen LogP contribution in [0.5, 0.6) is 11.5 Å². The molecule has 2 aromatic heterocycles. The molecule has 37 heavy (non-hydrogen) atoms. The molecule has 1 atom stereocenters. The van der Waals surface area contributed by atoms with Gasteiger partial charge >= 0.3 is 5.97 Å². The minimum atomic E-state index is -1.07. The molecule has 10 nitrogen and oxygen atoms in total. The number of benzene rings is 3. The molecule has 0 saturated heterocycles. The molecule has 5 aromatic rings. The summed E-state index contributed by atoms with van der Waals surface area (Å²) in [4.78, 5) is 36.7. The molecule has 0 spiro atoms. The maximum absolute atomic E-state index is 12.7. The molecule has 0 radical (unpaired) electrons. The van der Waals surface area contributed by atoms with Crippen molar-refractivity contribution in [2.75, 3.05) is 13.2 Å². The number of hydrogen-bond acceptors (Lipinski definition) is 6. The summed E-state index contributed by atoms with van der Waals surface area (Å²) in [6.45, 7) is 2.33. The third kappa shape index (κ3) is 4.68. The average Bonchev–Trinajstić information content (AvgIpc) is 3.46. The van der Waals surface area contributed by atoms with Gasteiger partial charge in [-0.05, 0) is 49.4 Å². The molecule has 0 fully saturated rings. The second kappa shape index (κ2) is 9.65. The van der Waals surface area contributed by atoms with Crippen LogP contribution in [0.3, 0.4) is 0 Å². The van der Waals surface area contributed by atoms with E-state index < -0.39 is 5.97 Å². The molecule has 10 heteroatoms. The van der Waals surface area contributed by atoms with Crippen molar-refractivity contribution in [3.63, 3.8) is 0 Å². The van der Waals surface area contributed by atoms with Gasteiger partial charge in [0.05, 0.1) is 34.5 Å². The van der Waals surface area contributed by atoms with Crippen molar-refractivity contribution in [1.82, 2.24) is 24.8 Å². The number of fused-ring (bicyclic) bond motifs is 2. The molecule has 5 rings (SSSR count). The normalized spacial score (nSPS) is 12.1. The number of carboxylic acids is 1. The first kappa shape index (κ1) is 23.9. The second-order valence-corrected chi connectivity index (χ2v) is 8.68. The third-order valence-electron chi connectivity index (χ3n) is 6.22. The van der Waals surface area contributed by atoms with Gasteiger partial charge in [-0.15, -0.1) is 0 Å². The molecule has 0 aliphatic carbocycles. The number of carboxylic acid groups (broad SMARTS) is 1. The van der Waals surface area contributed by atoms with E-state index in [9.17, 15) is 19.8 Å². The van der Waals surface area contributed by atoms with Crippen molar-refractivity contribution >= 4 is 33.9 Å². The van der Waals surface area contributed by atoms with Crippen LogP contribution in [-0.4, -0.2) is 54.8 Å². The summed E-state index contributed by atoms with van der Waals surface area (Å²) >= 11 is 0. The number of carbonyl (C=O) groups is 2. The van der Waals surface area contributed by atoms with Crippen LogP contribution in [0.15, 0.2) is 60.7 Å². The lowest BCUT2D eigenvalue weighted by atomic mass is 10.1. The predicted octanol–water partition coefficient (Wildman–Crippen LogP) is 3.81. The van der Waals surface area contributed by atoms with E-state index in [0.717, 1.165) is 33.7 Å². The average molecular weight is 500 g/mol. The Morgan fingerprint density at radius 3 is 2.68 bits per heavy atom. The fraction of sp³-hybridized carbons (Fsp3) is 0.185. The van der Waals surface area contributed by atoms with E-state index in [1.165, 1.54) is 6.07 Å². The van der Waals surface area contributed by atoms with E-state index >= 15 is 0 Å². The van der Waals surface area contributed by atoms with Crippen LogP contribution in [-0.2, 0) is 7.05 Å². The number of imidazole rings is 2. The standard InChI is InChI=1S/C27H25N5O5/c1-15(24-29-19-10-8-17(33)14-21(19)30-24)25-31-20-9-7-16(13-22(20)32(25)2)26(34)28-11-12-37-23-6-4-3-5-18(23)27(35)36/h3-10,13-15,33H,11-12H2,1-2H3,(H,28,34)(H,29,30)(H,35,36). The van der Waals surface area contributed by atoms with E-state index in [4.69, 9.17) is 9.72 Å². The number of phenols is 1. The van der Waals surface area contributed by atoms with Gasteiger partial charge in [0, 0.05) is 18.7 Å². The predicted molar refractivity (Wildman–Crippen MR) is 137 cm³/mol. The van der Waals surface area contributed by atoms with Crippen molar-refractivity contribution in [2.45, 2.75) is 12.8 Å². The van der Waals surface area contributed by atoms with Crippen LogP contribution in [0.2, 0.25) is 0 Å². The zero-order chi connectivity index (χ0) is 26.1. The highest BCUT2D eigenvalue weighted by Gasteiger charge is 2.20. The smallest absolute Gasteiger partial charge is 0.339 e. The Bertz CT molecular complexity index is 1640. The molecule has 1 amide bonds. The number of ether oxygens (including phenoxy) is 1. The maximum Gasteiger partial charge on any atom is 0.339 e. The van der Waals surface area contributed by atoms with Gasteiger partial charge in [0.1, 0.15) is 35.3 Å². The molecule has 1 unspecified atom stereocenters. The molecule has 3 aromatic carbocycles. The molecule has 188 valence electrons. The van der Waals surface area contributed by atoms with Gasteiger partial charge < -0.3 is 29.8 Å². The quantitative estimate of drug-likeness (QED) is 0.238. The first-order chi connectivity index (χ1) is 17.8. The first-order valence-corrected chi connectivity index (χ1v) is 11.7. The lowest BCUT2D eigenvalue weighted by molar-refractivity contribution is 0.0691. The Hall–Kier alpha value is -4.86. The summed E-state index contributed by atoms with van der Waals surface area (Å²) < 4.78 is 7.48. The number of nitrogens with one attached hydrogen (secondary N) is 2. The summed E-state index contributed by atoms with van der Waals surface area (Å²) in [6, 6.07) is 16.6. The highest BCUT2D eigenvalue weighted by molar-refractivity contribution is 5.97. The lowest BCUT2D eigenvalue weighted by Gasteiger charge is -2.10. The van der Waals surface area contributed by atoms with E-state index in [2.05, 4.69) is 15.3 Å². The van der Waals surface area contributed by atoms with Gasteiger partial charge in [0.15, 0.2) is 0 Å². The minimum absolute atomic E-state index is 0.0707. The summed E-state index contributed by atoms with van der Waals surface area (Å²) in [5.74, 6) is 0.421. The number of aromatic hydroxyl groups is 1. The molecule has 0 saturated carbocycles. The summed E-state index contributed by atoms with van der Waals surface area (Å²) in [5.41, 5.74) is 3.60. The summed E-state index contributed by atoms with van der Waals surface area (Å²) in [6.07, 6.45) is 0. The molecule has 4 N–H and O–H groups in total. The van der Waals surface area contributed by atoms with E-state index in [-0.39, 0.29) is 42.0 Å². The largest absolute Gasteiger partial charge is 0.508 e. The number of phenolic OH excluding ortho intramolecular Hbond substituents is 1. The monoisotopic (exact) mass is 499 g/mol. The topological polar surface area (TPSA) is 142 Å². The van der Waals surface area contributed by atoms with Crippen molar-refractivity contribution in [1.29, 1.82) is 0 Å². The Morgan fingerprint density at radius 1 is 1.08 bits per heavy atom. The van der Waals surface area contributed by atoms with Crippen molar-refractivity contribution in [3.05, 3.63) is 83.4 Å². The lowest BCUT2D eigenvalue weighted by Crippen LogP contribution is -2.28. The molecule has 0 aliphatic rings. The van der Waals surface area contributed by atoms with Gasteiger partial charge in [-0.3, -0.25) is 4.79 Å². The van der Waals surface area contributed by atoms with Crippen molar-refractivity contribution in [3.8, 4) is 11.5 Å². The highest BCUT2D eigenvalue weighted by atomic mass is 16.5.